The van der Waals surface area contributed by atoms with Crippen molar-refractivity contribution in [2.45, 2.75) is 97.3 Å². The molecule has 0 spiro atoms. The van der Waals surface area contributed by atoms with Crippen LogP contribution in [0.1, 0.15) is 97.3 Å². The van der Waals surface area contributed by atoms with Crippen LogP contribution in [0.2, 0.25) is 0 Å². The van der Waals surface area contributed by atoms with E-state index in [1.807, 2.05) is 0 Å². The van der Waals surface area contributed by atoms with Gasteiger partial charge >= 0.3 is 5.97 Å². The molecule has 1 atom stereocenters. The highest BCUT2D eigenvalue weighted by Gasteiger charge is 2.44. The fraction of sp³-hybridized carbons (Fsp3) is 0.944. The minimum Gasteiger partial charge on any atom is -0.481 e. The topological polar surface area (TPSA) is 37.3 Å². The molecule has 0 aromatic rings. The van der Waals surface area contributed by atoms with Gasteiger partial charge in [-0.25, -0.2) is 0 Å². The predicted molar refractivity (Wildman–Crippen MR) is 84.9 cm³/mol. The van der Waals surface area contributed by atoms with E-state index in [1.165, 1.54) is 51.4 Å². The zero-order chi connectivity index (χ0) is 14.8. The van der Waals surface area contributed by atoms with E-state index in [1.54, 1.807) is 0 Å². The van der Waals surface area contributed by atoms with Crippen molar-refractivity contribution >= 4 is 5.97 Å². The molecule has 0 saturated heterocycles. The van der Waals surface area contributed by atoms with Crippen LogP contribution in [0.25, 0.3) is 0 Å². The molecule has 1 aliphatic rings. The molecule has 1 unspecified atom stereocenters. The van der Waals surface area contributed by atoms with Crippen LogP contribution in [0.3, 0.4) is 0 Å². The van der Waals surface area contributed by atoms with Gasteiger partial charge < -0.3 is 5.11 Å². The second-order valence-corrected chi connectivity index (χ2v) is 6.67. The summed E-state index contributed by atoms with van der Waals surface area (Å²) in [5, 5.41) is 9.76. The van der Waals surface area contributed by atoms with Gasteiger partial charge in [0.15, 0.2) is 0 Å². The first-order chi connectivity index (χ1) is 9.67. The van der Waals surface area contributed by atoms with Gasteiger partial charge in [0.2, 0.25) is 0 Å². The molecule has 0 aromatic carbocycles. The minimum atomic E-state index is -0.530. The number of rotatable bonds is 11. The van der Waals surface area contributed by atoms with Gasteiger partial charge in [-0.2, -0.15) is 0 Å². The molecule has 1 saturated carbocycles. The number of hydrogen-bond donors (Lipinski definition) is 1. The smallest absolute Gasteiger partial charge is 0.309 e. The van der Waals surface area contributed by atoms with Gasteiger partial charge in [-0.1, -0.05) is 71.6 Å². The van der Waals surface area contributed by atoms with Crippen LogP contribution >= 0.6 is 0 Å². The largest absolute Gasteiger partial charge is 0.481 e. The highest BCUT2D eigenvalue weighted by atomic mass is 16.4. The summed E-state index contributed by atoms with van der Waals surface area (Å²) in [5.74, 6) is -0.0945. The van der Waals surface area contributed by atoms with Crippen molar-refractivity contribution in [2.24, 2.45) is 11.3 Å². The Bertz CT molecular complexity index is 269. The van der Waals surface area contributed by atoms with Crippen molar-refractivity contribution in [3.8, 4) is 0 Å². The van der Waals surface area contributed by atoms with Crippen molar-refractivity contribution in [2.75, 3.05) is 0 Å². The van der Waals surface area contributed by atoms with Crippen LogP contribution in [0.5, 0.6) is 0 Å². The number of carbonyl (C=O) groups is 1. The Morgan fingerprint density at radius 3 is 2.05 bits per heavy atom. The van der Waals surface area contributed by atoms with Crippen LogP contribution in [0.15, 0.2) is 0 Å². The number of carboxylic acids is 1. The Balaban J connectivity index is 2.35. The number of unbranched alkanes of at least 4 members (excludes halogenated alkanes) is 6. The van der Waals surface area contributed by atoms with Crippen LogP contribution < -0.4 is 0 Å². The second-order valence-electron chi connectivity index (χ2n) is 6.67. The van der Waals surface area contributed by atoms with Crippen molar-refractivity contribution in [1.29, 1.82) is 0 Å². The van der Waals surface area contributed by atoms with Gasteiger partial charge in [0, 0.05) is 0 Å². The van der Waals surface area contributed by atoms with Crippen LogP contribution in [0, 0.1) is 11.3 Å². The second kappa shape index (κ2) is 9.41. The molecule has 0 heterocycles. The van der Waals surface area contributed by atoms with Gasteiger partial charge in [0.1, 0.15) is 0 Å². The van der Waals surface area contributed by atoms with Crippen molar-refractivity contribution in [3.63, 3.8) is 0 Å². The molecule has 0 radical (unpaired) electrons. The van der Waals surface area contributed by atoms with Crippen LogP contribution in [0.4, 0.5) is 0 Å². The highest BCUT2D eigenvalue weighted by Crippen LogP contribution is 2.46. The third-order valence-electron chi connectivity index (χ3n) is 5.42. The maximum Gasteiger partial charge on any atom is 0.309 e. The predicted octanol–water partition coefficient (Wildman–Crippen LogP) is 5.80. The summed E-state index contributed by atoms with van der Waals surface area (Å²) in [6.07, 6.45) is 15.3. The Labute approximate surface area is 125 Å². The van der Waals surface area contributed by atoms with Gasteiger partial charge in [-0.15, -0.1) is 0 Å². The van der Waals surface area contributed by atoms with Gasteiger partial charge in [0.05, 0.1) is 5.41 Å². The summed E-state index contributed by atoms with van der Waals surface area (Å²) in [5.41, 5.74) is -0.417. The molecule has 2 nitrogen and oxygen atoms in total. The number of aliphatic carboxylic acids is 1. The molecule has 0 aromatic heterocycles. The van der Waals surface area contributed by atoms with Crippen molar-refractivity contribution < 1.29 is 9.90 Å². The van der Waals surface area contributed by atoms with E-state index in [0.717, 1.165) is 32.1 Å². The van der Waals surface area contributed by atoms with Crippen LogP contribution in [-0.4, -0.2) is 11.1 Å². The lowest BCUT2D eigenvalue weighted by molar-refractivity contribution is -0.153. The van der Waals surface area contributed by atoms with Gasteiger partial charge in [-0.05, 0) is 31.6 Å². The molecule has 118 valence electrons. The minimum absolute atomic E-state index is 0.417. The van der Waals surface area contributed by atoms with Gasteiger partial charge in [0.25, 0.3) is 0 Å². The SMILES string of the molecule is CCCCCCCCCC(CC)(C(=O)O)C1CCCC1. The first kappa shape index (κ1) is 17.5. The maximum absolute atomic E-state index is 11.8. The lowest BCUT2D eigenvalue weighted by Crippen LogP contribution is -2.37. The van der Waals surface area contributed by atoms with Crippen molar-refractivity contribution in [3.05, 3.63) is 0 Å². The lowest BCUT2D eigenvalue weighted by atomic mass is 9.69. The molecule has 1 fully saturated rings. The van der Waals surface area contributed by atoms with E-state index in [4.69, 9.17) is 0 Å². The zero-order valence-corrected chi connectivity index (χ0v) is 13.6. The molecule has 1 rings (SSSR count). The summed E-state index contributed by atoms with van der Waals surface area (Å²) < 4.78 is 0. The Morgan fingerprint density at radius 1 is 1.00 bits per heavy atom. The first-order valence-electron chi connectivity index (χ1n) is 8.90. The van der Waals surface area contributed by atoms with Crippen LogP contribution in [-0.2, 0) is 4.79 Å². The van der Waals surface area contributed by atoms with E-state index >= 15 is 0 Å². The van der Waals surface area contributed by atoms with Crippen molar-refractivity contribution in [1.82, 2.24) is 0 Å². The van der Waals surface area contributed by atoms with E-state index in [2.05, 4.69) is 13.8 Å². The van der Waals surface area contributed by atoms with E-state index in [0.29, 0.717) is 5.92 Å². The average Bonchev–Trinajstić information content (AvgIpc) is 2.96. The molecule has 20 heavy (non-hydrogen) atoms. The molecular formula is C18H34O2. The lowest BCUT2D eigenvalue weighted by Gasteiger charge is -2.34. The Hall–Kier alpha value is -0.530. The summed E-state index contributed by atoms with van der Waals surface area (Å²) in [4.78, 5) is 11.8. The molecular weight excluding hydrogens is 248 g/mol. The number of hydrogen-bond acceptors (Lipinski definition) is 1. The van der Waals surface area contributed by atoms with E-state index in [-0.39, 0.29) is 0 Å². The summed E-state index contributed by atoms with van der Waals surface area (Å²) in [7, 11) is 0. The molecule has 1 aliphatic carbocycles. The fourth-order valence-electron chi connectivity index (χ4n) is 3.98. The van der Waals surface area contributed by atoms with E-state index in [9.17, 15) is 9.90 Å². The molecule has 2 heteroatoms. The third kappa shape index (κ3) is 4.79. The normalized spacial score (nSPS) is 19.1. The third-order valence-corrected chi connectivity index (χ3v) is 5.42. The number of carboxylic acid groups (broad SMARTS) is 1. The summed E-state index contributed by atoms with van der Waals surface area (Å²) >= 11 is 0. The molecule has 0 bridgehead atoms. The molecule has 1 N–H and O–H groups in total. The monoisotopic (exact) mass is 282 g/mol. The maximum atomic E-state index is 11.8. The molecule has 0 aliphatic heterocycles. The average molecular weight is 282 g/mol. The zero-order valence-electron chi connectivity index (χ0n) is 13.6. The quantitative estimate of drug-likeness (QED) is 0.486. The Morgan fingerprint density at radius 2 is 1.55 bits per heavy atom. The Kier molecular flexibility index (Phi) is 8.25. The summed E-state index contributed by atoms with van der Waals surface area (Å²) in [6, 6.07) is 0. The highest BCUT2D eigenvalue weighted by molar-refractivity contribution is 5.75. The standard InChI is InChI=1S/C18H34O2/c1-3-5-6-7-8-9-12-15-18(4-2,17(19)20)16-13-10-11-14-16/h16H,3-15H2,1-2H3,(H,19,20). The van der Waals surface area contributed by atoms with Gasteiger partial charge in [-0.3, -0.25) is 4.79 Å². The first-order valence-corrected chi connectivity index (χ1v) is 8.90. The van der Waals surface area contributed by atoms with E-state index < -0.39 is 11.4 Å². The fourth-order valence-corrected chi connectivity index (χ4v) is 3.98. The summed E-state index contributed by atoms with van der Waals surface area (Å²) in [6.45, 7) is 4.32. The molecule has 0 amide bonds.